The van der Waals surface area contributed by atoms with E-state index in [1.165, 1.54) is 0 Å². The maximum absolute atomic E-state index is 12.3. The van der Waals surface area contributed by atoms with Crippen LogP contribution in [0.3, 0.4) is 0 Å². The summed E-state index contributed by atoms with van der Waals surface area (Å²) in [6.07, 6.45) is 0. The Hall–Kier alpha value is -2.49. The van der Waals surface area contributed by atoms with Gasteiger partial charge in [-0.25, -0.2) is 0 Å². The van der Waals surface area contributed by atoms with Crippen molar-refractivity contribution in [2.24, 2.45) is 0 Å². The maximum Gasteiger partial charge on any atom is 0.259 e. The van der Waals surface area contributed by atoms with E-state index in [-0.39, 0.29) is 5.91 Å². The van der Waals surface area contributed by atoms with Gasteiger partial charge in [-0.1, -0.05) is 18.2 Å². The number of rotatable bonds is 4. The molecular weight excluding hydrogens is 254 g/mol. The van der Waals surface area contributed by atoms with Crippen LogP contribution in [0.15, 0.2) is 42.5 Å². The van der Waals surface area contributed by atoms with Crippen LogP contribution < -0.4 is 14.8 Å². The first-order valence-electron chi connectivity index (χ1n) is 6.24. The highest BCUT2D eigenvalue weighted by Crippen LogP contribution is 2.27. The number of aryl methyl sites for hydroxylation is 1. The summed E-state index contributed by atoms with van der Waals surface area (Å²) >= 11 is 0. The first-order chi connectivity index (χ1) is 9.65. The van der Waals surface area contributed by atoms with Gasteiger partial charge < -0.3 is 14.8 Å². The Labute approximate surface area is 118 Å². The van der Waals surface area contributed by atoms with Crippen LogP contribution >= 0.6 is 0 Å². The monoisotopic (exact) mass is 271 g/mol. The molecule has 2 aromatic rings. The van der Waals surface area contributed by atoms with Gasteiger partial charge in [-0.15, -0.1) is 0 Å². The van der Waals surface area contributed by atoms with E-state index < -0.39 is 0 Å². The second-order valence-electron chi connectivity index (χ2n) is 4.36. The lowest BCUT2D eigenvalue weighted by atomic mass is 10.1. The number of methoxy groups -OCH3 is 2. The molecule has 2 aromatic carbocycles. The highest BCUT2D eigenvalue weighted by atomic mass is 16.5. The first kappa shape index (κ1) is 13.9. The van der Waals surface area contributed by atoms with Crippen LogP contribution in [0.1, 0.15) is 15.9 Å². The van der Waals surface area contributed by atoms with Crippen molar-refractivity contribution in [1.29, 1.82) is 0 Å². The maximum atomic E-state index is 12.3. The lowest BCUT2D eigenvalue weighted by Crippen LogP contribution is -2.13. The Balaban J connectivity index is 2.30. The molecule has 0 aromatic heterocycles. The number of ether oxygens (including phenoxy) is 2. The van der Waals surface area contributed by atoms with Crippen molar-refractivity contribution in [3.63, 3.8) is 0 Å². The fourth-order valence-electron chi connectivity index (χ4n) is 1.94. The Morgan fingerprint density at radius 1 is 1.00 bits per heavy atom. The van der Waals surface area contributed by atoms with E-state index in [4.69, 9.17) is 9.47 Å². The summed E-state index contributed by atoms with van der Waals surface area (Å²) in [7, 11) is 3.11. The number of carbonyl (C=O) groups is 1. The summed E-state index contributed by atoms with van der Waals surface area (Å²) in [5, 5.41) is 2.85. The lowest BCUT2D eigenvalue weighted by Gasteiger charge is -2.12. The molecule has 0 aliphatic heterocycles. The molecule has 1 N–H and O–H groups in total. The zero-order valence-corrected chi connectivity index (χ0v) is 11.8. The number of nitrogens with one attached hydrogen (secondary N) is 1. The molecule has 4 heteroatoms. The molecule has 4 nitrogen and oxygen atoms in total. The van der Waals surface area contributed by atoms with Crippen LogP contribution in [0.5, 0.6) is 11.5 Å². The molecule has 0 spiro atoms. The van der Waals surface area contributed by atoms with E-state index in [2.05, 4.69) is 5.32 Å². The quantitative estimate of drug-likeness (QED) is 0.928. The van der Waals surface area contributed by atoms with E-state index in [0.717, 1.165) is 5.56 Å². The van der Waals surface area contributed by atoms with Gasteiger partial charge in [-0.3, -0.25) is 4.79 Å². The SMILES string of the molecule is COc1ccc(C)cc1NC(=O)c1ccccc1OC. The van der Waals surface area contributed by atoms with E-state index in [9.17, 15) is 4.79 Å². The molecule has 0 aliphatic carbocycles. The second-order valence-corrected chi connectivity index (χ2v) is 4.36. The topological polar surface area (TPSA) is 47.6 Å². The molecule has 0 heterocycles. The fourth-order valence-corrected chi connectivity index (χ4v) is 1.94. The zero-order valence-electron chi connectivity index (χ0n) is 11.8. The van der Waals surface area contributed by atoms with Crippen LogP contribution in [0.4, 0.5) is 5.69 Å². The summed E-state index contributed by atoms with van der Waals surface area (Å²) in [6, 6.07) is 12.7. The van der Waals surface area contributed by atoms with Crippen molar-refractivity contribution in [2.75, 3.05) is 19.5 Å². The van der Waals surface area contributed by atoms with Crippen LogP contribution in [-0.2, 0) is 0 Å². The van der Waals surface area contributed by atoms with Gasteiger partial charge >= 0.3 is 0 Å². The molecule has 0 saturated heterocycles. The molecule has 0 atom stereocenters. The standard InChI is InChI=1S/C16H17NO3/c1-11-8-9-15(20-3)13(10-11)17-16(18)12-6-4-5-7-14(12)19-2/h4-10H,1-3H3,(H,17,18). The first-order valence-corrected chi connectivity index (χ1v) is 6.24. The van der Waals surface area contributed by atoms with Gasteiger partial charge in [0.05, 0.1) is 25.5 Å². The number of benzene rings is 2. The third-order valence-electron chi connectivity index (χ3n) is 2.95. The predicted octanol–water partition coefficient (Wildman–Crippen LogP) is 3.26. The fraction of sp³-hybridized carbons (Fsp3) is 0.188. The van der Waals surface area contributed by atoms with Crippen molar-refractivity contribution in [3.05, 3.63) is 53.6 Å². The van der Waals surface area contributed by atoms with Gasteiger partial charge in [0.1, 0.15) is 11.5 Å². The smallest absolute Gasteiger partial charge is 0.259 e. The Morgan fingerprint density at radius 2 is 1.70 bits per heavy atom. The molecule has 20 heavy (non-hydrogen) atoms. The number of hydrogen-bond acceptors (Lipinski definition) is 3. The number of hydrogen-bond donors (Lipinski definition) is 1. The molecule has 2 rings (SSSR count). The minimum atomic E-state index is -0.230. The number of anilines is 1. The molecule has 1 amide bonds. The molecule has 104 valence electrons. The summed E-state index contributed by atoms with van der Waals surface area (Å²) in [4.78, 5) is 12.3. The Bertz CT molecular complexity index is 623. The summed E-state index contributed by atoms with van der Waals surface area (Å²) in [5.74, 6) is 0.932. The third-order valence-corrected chi connectivity index (χ3v) is 2.95. The van der Waals surface area contributed by atoms with Gasteiger partial charge in [-0.05, 0) is 36.8 Å². The van der Waals surface area contributed by atoms with Crippen LogP contribution in [0.25, 0.3) is 0 Å². The van der Waals surface area contributed by atoms with Crippen LogP contribution in [-0.4, -0.2) is 20.1 Å². The van der Waals surface area contributed by atoms with Gasteiger partial charge in [0, 0.05) is 0 Å². The molecular formula is C16H17NO3. The third kappa shape index (κ3) is 2.91. The minimum absolute atomic E-state index is 0.230. The summed E-state index contributed by atoms with van der Waals surface area (Å²) < 4.78 is 10.4. The molecule has 0 unspecified atom stereocenters. The van der Waals surface area contributed by atoms with Crippen molar-refractivity contribution < 1.29 is 14.3 Å². The Kier molecular flexibility index (Phi) is 4.25. The van der Waals surface area contributed by atoms with Gasteiger partial charge in [0.2, 0.25) is 0 Å². The van der Waals surface area contributed by atoms with Crippen LogP contribution in [0, 0.1) is 6.92 Å². The van der Waals surface area contributed by atoms with Crippen molar-refractivity contribution in [1.82, 2.24) is 0 Å². The predicted molar refractivity (Wildman–Crippen MR) is 78.7 cm³/mol. The van der Waals surface area contributed by atoms with Gasteiger partial charge in [0.25, 0.3) is 5.91 Å². The van der Waals surface area contributed by atoms with Gasteiger partial charge in [0.15, 0.2) is 0 Å². The lowest BCUT2D eigenvalue weighted by molar-refractivity contribution is 0.102. The summed E-state index contributed by atoms with van der Waals surface area (Å²) in [5.41, 5.74) is 2.17. The highest BCUT2D eigenvalue weighted by Gasteiger charge is 2.13. The second kappa shape index (κ2) is 6.10. The van der Waals surface area contributed by atoms with E-state index >= 15 is 0 Å². The Morgan fingerprint density at radius 3 is 2.40 bits per heavy atom. The minimum Gasteiger partial charge on any atom is -0.496 e. The van der Waals surface area contributed by atoms with Crippen molar-refractivity contribution in [3.8, 4) is 11.5 Å². The largest absolute Gasteiger partial charge is 0.496 e. The summed E-state index contributed by atoms with van der Waals surface area (Å²) in [6.45, 7) is 1.96. The number of amides is 1. The average Bonchev–Trinajstić information content (AvgIpc) is 2.47. The molecule has 0 radical (unpaired) electrons. The molecule has 0 fully saturated rings. The van der Waals surface area contributed by atoms with Crippen molar-refractivity contribution >= 4 is 11.6 Å². The molecule has 0 saturated carbocycles. The van der Waals surface area contributed by atoms with E-state index in [0.29, 0.717) is 22.7 Å². The van der Waals surface area contributed by atoms with Crippen molar-refractivity contribution in [2.45, 2.75) is 6.92 Å². The number of para-hydroxylation sites is 1. The van der Waals surface area contributed by atoms with E-state index in [1.807, 2.05) is 31.2 Å². The van der Waals surface area contributed by atoms with Crippen LogP contribution in [0.2, 0.25) is 0 Å². The normalized spacial score (nSPS) is 9.95. The zero-order chi connectivity index (χ0) is 14.5. The number of carbonyl (C=O) groups excluding carboxylic acids is 1. The van der Waals surface area contributed by atoms with Gasteiger partial charge in [-0.2, -0.15) is 0 Å². The highest BCUT2D eigenvalue weighted by molar-refractivity contribution is 6.06. The average molecular weight is 271 g/mol. The molecule has 0 bridgehead atoms. The van der Waals surface area contributed by atoms with E-state index in [1.54, 1.807) is 32.4 Å². The molecule has 0 aliphatic rings.